The zero-order valence-corrected chi connectivity index (χ0v) is 14.0. The first-order valence-electron chi connectivity index (χ1n) is 7.93. The molecule has 134 valence electrons. The Labute approximate surface area is 139 Å². The van der Waals surface area contributed by atoms with E-state index in [-0.39, 0.29) is 17.4 Å². The smallest absolute Gasteiger partial charge is 0.420 e. The number of hydrogen-bond donors (Lipinski definition) is 1. The van der Waals surface area contributed by atoms with Crippen LogP contribution in [-0.4, -0.2) is 25.2 Å². The average Bonchev–Trinajstić information content (AvgIpc) is 3.36. The number of rotatable bonds is 7. The topological polar surface area (TPSA) is 47.6 Å². The highest BCUT2D eigenvalue weighted by Gasteiger charge is 2.48. The number of nitrogens with one attached hydrogen (secondary N) is 1. The van der Waals surface area contributed by atoms with E-state index in [9.17, 15) is 18.0 Å². The molecule has 2 rings (SSSR count). The standard InChI is InChI=1S/C17H22F3NO3/c1-4-9-24-16(2,11-5-6-11)15(22)21-12-7-8-14(23-3)13(10-12)17(18,19)20/h7-8,10-11H,4-6,9H2,1-3H3,(H,21,22)/t16-/m1/s1. The van der Waals surface area contributed by atoms with Crippen molar-refractivity contribution in [3.63, 3.8) is 0 Å². The first-order chi connectivity index (χ1) is 11.2. The summed E-state index contributed by atoms with van der Waals surface area (Å²) in [6.45, 7) is 4.06. The summed E-state index contributed by atoms with van der Waals surface area (Å²) in [4.78, 5) is 12.6. The van der Waals surface area contributed by atoms with Gasteiger partial charge >= 0.3 is 6.18 Å². The Morgan fingerprint density at radius 3 is 2.50 bits per heavy atom. The zero-order valence-electron chi connectivity index (χ0n) is 14.0. The fraction of sp³-hybridized carbons (Fsp3) is 0.588. The van der Waals surface area contributed by atoms with Crippen molar-refractivity contribution in [1.29, 1.82) is 0 Å². The number of anilines is 1. The summed E-state index contributed by atoms with van der Waals surface area (Å²) in [5.74, 6) is -0.603. The third kappa shape index (κ3) is 4.01. The molecule has 1 aliphatic carbocycles. The van der Waals surface area contributed by atoms with Gasteiger partial charge in [0.2, 0.25) is 0 Å². The molecule has 0 heterocycles. The Bertz CT molecular complexity index is 599. The van der Waals surface area contributed by atoms with Crippen LogP contribution < -0.4 is 10.1 Å². The minimum Gasteiger partial charge on any atom is -0.496 e. The number of halogens is 3. The summed E-state index contributed by atoms with van der Waals surface area (Å²) in [5, 5.41) is 2.56. The second-order valence-corrected chi connectivity index (χ2v) is 6.10. The zero-order chi connectivity index (χ0) is 18.0. The summed E-state index contributed by atoms with van der Waals surface area (Å²) >= 11 is 0. The lowest BCUT2D eigenvalue weighted by Crippen LogP contribution is -2.45. The Kier molecular flexibility index (Phi) is 5.42. The van der Waals surface area contributed by atoms with Gasteiger partial charge in [-0.3, -0.25) is 4.79 Å². The van der Waals surface area contributed by atoms with E-state index in [2.05, 4.69) is 5.32 Å². The SMILES string of the molecule is CCCO[C@@](C)(C(=O)Nc1ccc(OC)c(C(F)(F)F)c1)C1CC1. The highest BCUT2D eigenvalue weighted by atomic mass is 19.4. The van der Waals surface area contributed by atoms with Gasteiger partial charge in [-0.2, -0.15) is 13.2 Å². The maximum Gasteiger partial charge on any atom is 0.420 e. The fourth-order valence-electron chi connectivity index (χ4n) is 2.58. The van der Waals surface area contributed by atoms with Crippen LogP contribution in [0.3, 0.4) is 0 Å². The molecule has 0 bridgehead atoms. The quantitative estimate of drug-likeness (QED) is 0.804. The first kappa shape index (κ1) is 18.6. The van der Waals surface area contributed by atoms with E-state index < -0.39 is 23.2 Å². The van der Waals surface area contributed by atoms with E-state index in [1.807, 2.05) is 6.92 Å². The van der Waals surface area contributed by atoms with Gasteiger partial charge < -0.3 is 14.8 Å². The van der Waals surface area contributed by atoms with Crippen molar-refractivity contribution in [3.05, 3.63) is 23.8 Å². The van der Waals surface area contributed by atoms with Gasteiger partial charge in [0, 0.05) is 12.3 Å². The average molecular weight is 345 g/mol. The van der Waals surface area contributed by atoms with Gasteiger partial charge in [-0.25, -0.2) is 0 Å². The Morgan fingerprint density at radius 1 is 1.33 bits per heavy atom. The summed E-state index contributed by atoms with van der Waals surface area (Å²) in [6, 6.07) is 3.46. The van der Waals surface area contributed by atoms with Gasteiger partial charge in [0.05, 0.1) is 12.7 Å². The molecular formula is C17H22F3NO3. The summed E-state index contributed by atoms with van der Waals surface area (Å²) in [7, 11) is 1.17. The van der Waals surface area contributed by atoms with Crippen molar-refractivity contribution in [2.45, 2.75) is 44.9 Å². The molecule has 1 atom stereocenters. The summed E-state index contributed by atoms with van der Waals surface area (Å²) in [6.07, 6.45) is -2.05. The van der Waals surface area contributed by atoms with Crippen molar-refractivity contribution in [2.75, 3.05) is 19.0 Å². The van der Waals surface area contributed by atoms with Crippen molar-refractivity contribution >= 4 is 11.6 Å². The van der Waals surface area contributed by atoms with E-state index >= 15 is 0 Å². The molecule has 0 radical (unpaired) electrons. The minimum atomic E-state index is -4.56. The predicted octanol–water partition coefficient (Wildman–Crippen LogP) is 4.25. The van der Waals surface area contributed by atoms with Crippen LogP contribution in [-0.2, 0) is 15.7 Å². The van der Waals surface area contributed by atoms with Crippen molar-refractivity contribution in [1.82, 2.24) is 0 Å². The normalized spacial score (nSPS) is 17.2. The summed E-state index contributed by atoms with van der Waals surface area (Å²) < 4.78 is 49.7. The minimum absolute atomic E-state index is 0.0695. The molecule has 1 amide bonds. The van der Waals surface area contributed by atoms with Crippen molar-refractivity contribution in [2.24, 2.45) is 5.92 Å². The number of ether oxygens (including phenoxy) is 2. The Hall–Kier alpha value is -1.76. The molecular weight excluding hydrogens is 323 g/mol. The fourth-order valence-corrected chi connectivity index (χ4v) is 2.58. The van der Waals surface area contributed by atoms with Gasteiger partial charge in [0.15, 0.2) is 0 Å². The van der Waals surface area contributed by atoms with Crippen LogP contribution in [0.5, 0.6) is 5.75 Å². The lowest BCUT2D eigenvalue weighted by atomic mass is 9.98. The van der Waals surface area contributed by atoms with Gasteiger partial charge in [-0.15, -0.1) is 0 Å². The molecule has 0 saturated heterocycles. The first-order valence-corrected chi connectivity index (χ1v) is 7.93. The highest BCUT2D eigenvalue weighted by Crippen LogP contribution is 2.43. The highest BCUT2D eigenvalue weighted by molar-refractivity contribution is 5.97. The number of amides is 1. The van der Waals surface area contributed by atoms with Gasteiger partial charge in [0.1, 0.15) is 11.4 Å². The van der Waals surface area contributed by atoms with Gasteiger partial charge in [-0.1, -0.05) is 6.92 Å². The van der Waals surface area contributed by atoms with Crippen molar-refractivity contribution < 1.29 is 27.4 Å². The molecule has 1 aromatic rings. The molecule has 0 aliphatic heterocycles. The molecule has 1 saturated carbocycles. The van der Waals surface area contributed by atoms with Crippen LogP contribution >= 0.6 is 0 Å². The predicted molar refractivity (Wildman–Crippen MR) is 84.0 cm³/mol. The number of alkyl halides is 3. The third-order valence-corrected chi connectivity index (χ3v) is 4.18. The Balaban J connectivity index is 2.21. The number of carbonyl (C=O) groups is 1. The molecule has 1 N–H and O–H groups in total. The van der Waals surface area contributed by atoms with Crippen LogP contribution in [0, 0.1) is 5.92 Å². The summed E-state index contributed by atoms with van der Waals surface area (Å²) in [5.41, 5.74) is -1.88. The van der Waals surface area contributed by atoms with Crippen LogP contribution in [0.15, 0.2) is 18.2 Å². The van der Waals surface area contributed by atoms with E-state index in [0.29, 0.717) is 6.61 Å². The van der Waals surface area contributed by atoms with Crippen LogP contribution in [0.25, 0.3) is 0 Å². The molecule has 24 heavy (non-hydrogen) atoms. The largest absolute Gasteiger partial charge is 0.496 e. The molecule has 1 aliphatic rings. The third-order valence-electron chi connectivity index (χ3n) is 4.18. The lowest BCUT2D eigenvalue weighted by molar-refractivity contribution is -0.142. The maximum atomic E-state index is 13.1. The number of methoxy groups -OCH3 is 1. The molecule has 4 nitrogen and oxygen atoms in total. The van der Waals surface area contributed by atoms with E-state index in [4.69, 9.17) is 9.47 Å². The van der Waals surface area contributed by atoms with E-state index in [0.717, 1.165) is 25.3 Å². The lowest BCUT2D eigenvalue weighted by Gasteiger charge is -2.29. The second kappa shape index (κ2) is 7.01. The number of benzene rings is 1. The van der Waals surface area contributed by atoms with Crippen LogP contribution in [0.2, 0.25) is 0 Å². The maximum absolute atomic E-state index is 13.1. The molecule has 0 spiro atoms. The van der Waals surface area contributed by atoms with Crippen LogP contribution in [0.4, 0.5) is 18.9 Å². The number of carbonyl (C=O) groups excluding carboxylic acids is 1. The second-order valence-electron chi connectivity index (χ2n) is 6.10. The Morgan fingerprint density at radius 2 is 2.00 bits per heavy atom. The number of hydrogen-bond acceptors (Lipinski definition) is 3. The monoisotopic (exact) mass is 345 g/mol. The van der Waals surface area contributed by atoms with E-state index in [1.165, 1.54) is 19.2 Å². The molecule has 1 aromatic carbocycles. The molecule has 0 aromatic heterocycles. The molecule has 1 fully saturated rings. The van der Waals surface area contributed by atoms with Crippen molar-refractivity contribution in [3.8, 4) is 5.75 Å². The molecule has 0 unspecified atom stereocenters. The molecule has 7 heteroatoms. The van der Waals surface area contributed by atoms with Gasteiger partial charge in [0.25, 0.3) is 5.91 Å². The van der Waals surface area contributed by atoms with Crippen LogP contribution in [0.1, 0.15) is 38.7 Å². The van der Waals surface area contributed by atoms with Gasteiger partial charge in [-0.05, 0) is 50.3 Å². The van der Waals surface area contributed by atoms with E-state index in [1.54, 1.807) is 6.92 Å².